The molecule has 0 aromatic rings. The Labute approximate surface area is 339 Å². The van der Waals surface area contributed by atoms with Gasteiger partial charge in [-0.2, -0.15) is 0 Å². The fourth-order valence-electron chi connectivity index (χ4n) is 9.44. The lowest BCUT2D eigenvalue weighted by Gasteiger charge is -2.47. The predicted molar refractivity (Wildman–Crippen MR) is 213 cm³/mol. The predicted octanol–water partition coefficient (Wildman–Crippen LogP) is 4.64. The lowest BCUT2D eigenvalue weighted by Crippen LogP contribution is -2.64. The van der Waals surface area contributed by atoms with Crippen LogP contribution in [0.1, 0.15) is 105 Å². The number of fused-ring (bicyclic) bond motifs is 3. The quantitative estimate of drug-likeness (QED) is 0.185. The molecule has 4 aliphatic rings. The van der Waals surface area contributed by atoms with Gasteiger partial charge in [-0.25, -0.2) is 4.79 Å². The van der Waals surface area contributed by atoms with Crippen LogP contribution in [0.2, 0.25) is 0 Å². The van der Waals surface area contributed by atoms with Gasteiger partial charge in [-0.15, -0.1) is 6.58 Å². The van der Waals surface area contributed by atoms with E-state index in [1.807, 2.05) is 26.0 Å². The van der Waals surface area contributed by atoms with Gasteiger partial charge in [0.15, 0.2) is 5.78 Å². The highest BCUT2D eigenvalue weighted by atomic mass is 16.7. The first-order chi connectivity index (χ1) is 27.0. The van der Waals surface area contributed by atoms with Gasteiger partial charge in [-0.05, 0) is 100 Å². The number of carbonyl (C=O) groups excluding carboxylic acids is 4. The van der Waals surface area contributed by atoms with E-state index in [-0.39, 0.29) is 55.4 Å². The van der Waals surface area contributed by atoms with Crippen LogP contribution in [0.4, 0.5) is 0 Å². The Morgan fingerprint density at radius 1 is 0.912 bits per heavy atom. The number of nitrogens with zero attached hydrogens (tertiary/aromatic N) is 1. The molecule has 3 heterocycles. The summed E-state index contributed by atoms with van der Waals surface area (Å²) in [6, 6.07) is -1.14. The Bertz CT molecular complexity index is 1480. The molecular formula is C44H69NO12. The van der Waals surface area contributed by atoms with Crippen molar-refractivity contribution in [3.8, 4) is 0 Å². The number of amides is 1. The summed E-state index contributed by atoms with van der Waals surface area (Å²) < 4.78 is 29.8. The van der Waals surface area contributed by atoms with Crippen LogP contribution in [0.25, 0.3) is 0 Å². The molecule has 322 valence electrons. The normalized spacial score (nSPS) is 41.0. The number of carbonyl (C=O) groups is 4. The minimum atomic E-state index is -2.51. The molecule has 0 aromatic carbocycles. The van der Waals surface area contributed by atoms with E-state index >= 15 is 0 Å². The van der Waals surface area contributed by atoms with Gasteiger partial charge in [-0.3, -0.25) is 14.4 Å². The standard InChI is InChI=1S/C44H69NO12/c1-10-13-31-19-25(2)18-26(3)20-37(54-8)40-38(55-9)22-28(5)44(52,57-40)41(49)42(50)45-17-12-11-14-32(45)43(51)56-39(29(6)34(47)24-35(31)48)27(4)21-30-15-16-33(46)36(23-30)53-7/h10,19,21,25-26,28-30,32-34,36-40,46-47,52H,1,11-18,20,22-24H2,2-9H3/b27-21?,31-19-/t25?,26-,28+,29+,30-,32-,33+,34-,36+,37-,38-,39+,40+,44+/m0/s1. The largest absolute Gasteiger partial charge is 0.456 e. The first-order valence-electron chi connectivity index (χ1n) is 20.9. The van der Waals surface area contributed by atoms with Crippen LogP contribution in [0, 0.1) is 29.6 Å². The number of hydrogen-bond acceptors (Lipinski definition) is 12. The second kappa shape index (κ2) is 21.0. The minimum absolute atomic E-state index is 0.0120. The number of hydrogen-bond donors (Lipinski definition) is 3. The zero-order valence-electron chi connectivity index (χ0n) is 35.4. The van der Waals surface area contributed by atoms with Gasteiger partial charge in [0.25, 0.3) is 11.7 Å². The highest BCUT2D eigenvalue weighted by Gasteiger charge is 2.56. The molecule has 2 bridgehead atoms. The van der Waals surface area contributed by atoms with Crippen LogP contribution in [-0.2, 0) is 42.9 Å². The van der Waals surface area contributed by atoms with Gasteiger partial charge in [0, 0.05) is 46.1 Å². The number of rotatable bonds is 7. The maximum atomic E-state index is 14.3. The summed E-state index contributed by atoms with van der Waals surface area (Å²) >= 11 is 0. The SMILES string of the molecule is C=CC/C1=C/C(C)C[C@H](C)C[C@H](OC)[C@H]2O[C@@](O)(C(=O)C(=O)N3CCCC[C@H]3C(=O)O[C@H](C(C)=C[C@@H]3CC[C@@H](O)[C@H](OC)C3)[C@H](C)[C@@H](O)CC1=O)[C@H](C)C[C@@H]2OC. The average Bonchev–Trinajstić information content (AvgIpc) is 3.18. The van der Waals surface area contributed by atoms with Crippen molar-refractivity contribution in [2.75, 3.05) is 27.9 Å². The van der Waals surface area contributed by atoms with E-state index in [2.05, 4.69) is 13.5 Å². The van der Waals surface area contributed by atoms with Crippen molar-refractivity contribution in [3.63, 3.8) is 0 Å². The van der Waals surface area contributed by atoms with Gasteiger partial charge in [0.2, 0.25) is 5.79 Å². The van der Waals surface area contributed by atoms with E-state index in [4.69, 9.17) is 23.7 Å². The molecule has 0 spiro atoms. The molecule has 0 radical (unpaired) electrons. The van der Waals surface area contributed by atoms with Crippen molar-refractivity contribution < 1.29 is 58.2 Å². The maximum Gasteiger partial charge on any atom is 0.329 e. The zero-order valence-corrected chi connectivity index (χ0v) is 35.4. The fraction of sp³-hybridized carbons (Fsp3) is 0.773. The molecule has 3 aliphatic heterocycles. The molecular weight excluding hydrogens is 734 g/mol. The molecule has 1 saturated carbocycles. The van der Waals surface area contributed by atoms with Crippen molar-refractivity contribution >= 4 is 23.4 Å². The smallest absolute Gasteiger partial charge is 0.329 e. The van der Waals surface area contributed by atoms with E-state index < -0.39 is 77.9 Å². The van der Waals surface area contributed by atoms with Crippen molar-refractivity contribution in [1.82, 2.24) is 4.90 Å². The molecule has 3 fully saturated rings. The third-order valence-electron chi connectivity index (χ3n) is 12.8. The molecule has 57 heavy (non-hydrogen) atoms. The number of esters is 1. The molecule has 14 atom stereocenters. The summed E-state index contributed by atoms with van der Waals surface area (Å²) in [4.78, 5) is 57.8. The minimum Gasteiger partial charge on any atom is -0.456 e. The summed E-state index contributed by atoms with van der Waals surface area (Å²) in [5.41, 5.74) is 1.18. The number of ether oxygens (including phenoxy) is 5. The number of Topliss-reactive ketones (excluding diaryl/α,β-unsaturated/α-hetero) is 2. The number of aliphatic hydroxyl groups is 3. The van der Waals surface area contributed by atoms with Gasteiger partial charge in [-0.1, -0.05) is 45.9 Å². The monoisotopic (exact) mass is 803 g/mol. The van der Waals surface area contributed by atoms with Crippen molar-refractivity contribution in [2.45, 2.75) is 160 Å². The van der Waals surface area contributed by atoms with E-state index in [1.165, 1.54) is 19.1 Å². The van der Waals surface area contributed by atoms with Crippen molar-refractivity contribution in [1.29, 1.82) is 0 Å². The molecule has 3 N–H and O–H groups in total. The Morgan fingerprint density at radius 2 is 1.58 bits per heavy atom. The van der Waals surface area contributed by atoms with Gasteiger partial charge < -0.3 is 43.9 Å². The summed E-state index contributed by atoms with van der Waals surface area (Å²) in [6.07, 6.45) is 4.89. The third kappa shape index (κ3) is 11.3. The molecule has 13 nitrogen and oxygen atoms in total. The number of allylic oxidation sites excluding steroid dienone is 4. The van der Waals surface area contributed by atoms with Crippen LogP contribution in [0.5, 0.6) is 0 Å². The molecule has 0 aromatic heterocycles. The van der Waals surface area contributed by atoms with E-state index in [0.717, 1.165) is 0 Å². The molecule has 2 saturated heterocycles. The fourth-order valence-corrected chi connectivity index (χ4v) is 9.44. The van der Waals surface area contributed by atoms with Crippen LogP contribution in [0.15, 0.2) is 36.0 Å². The Morgan fingerprint density at radius 3 is 2.23 bits per heavy atom. The number of cyclic esters (lactones) is 1. The van der Waals surface area contributed by atoms with Crippen molar-refractivity contribution in [3.05, 3.63) is 36.0 Å². The third-order valence-corrected chi connectivity index (χ3v) is 12.8. The number of aliphatic hydroxyl groups excluding tert-OH is 2. The number of methoxy groups -OCH3 is 3. The second-order valence-electron chi connectivity index (χ2n) is 17.3. The topological polar surface area (TPSA) is 178 Å². The van der Waals surface area contributed by atoms with Gasteiger partial charge in [0.05, 0.1) is 30.5 Å². The lowest BCUT2D eigenvalue weighted by molar-refractivity contribution is -0.302. The Balaban J connectivity index is 1.78. The number of piperidine rings is 1. The van der Waals surface area contributed by atoms with Crippen LogP contribution in [0.3, 0.4) is 0 Å². The molecule has 4 rings (SSSR count). The molecule has 1 aliphatic carbocycles. The summed E-state index contributed by atoms with van der Waals surface area (Å²) in [5, 5.41) is 34.1. The van der Waals surface area contributed by atoms with E-state index in [9.17, 15) is 34.5 Å². The average molecular weight is 804 g/mol. The first kappa shape index (κ1) is 46.9. The van der Waals surface area contributed by atoms with Crippen molar-refractivity contribution in [2.24, 2.45) is 29.6 Å². The number of ketones is 2. The first-order valence-corrected chi connectivity index (χ1v) is 20.9. The summed E-state index contributed by atoms with van der Waals surface area (Å²) in [7, 11) is 4.61. The van der Waals surface area contributed by atoms with E-state index in [1.54, 1.807) is 27.0 Å². The lowest BCUT2D eigenvalue weighted by atomic mass is 9.81. The second-order valence-corrected chi connectivity index (χ2v) is 17.3. The summed E-state index contributed by atoms with van der Waals surface area (Å²) in [5.74, 6) is -7.32. The van der Waals surface area contributed by atoms with E-state index in [0.29, 0.717) is 62.5 Å². The highest BCUT2D eigenvalue weighted by Crippen LogP contribution is 2.39. The van der Waals surface area contributed by atoms with Gasteiger partial charge in [0.1, 0.15) is 18.2 Å². The molecule has 13 heteroatoms. The van der Waals surface area contributed by atoms with Crippen LogP contribution < -0.4 is 0 Å². The summed E-state index contributed by atoms with van der Waals surface area (Å²) in [6.45, 7) is 13.2. The van der Waals surface area contributed by atoms with Crippen LogP contribution >= 0.6 is 0 Å². The molecule has 1 amide bonds. The Hall–Kier alpha value is -2.78. The Kier molecular flexibility index (Phi) is 17.2. The zero-order chi connectivity index (χ0) is 42.2. The molecule has 1 unspecified atom stereocenters. The van der Waals surface area contributed by atoms with Gasteiger partial charge >= 0.3 is 5.97 Å². The maximum absolute atomic E-state index is 14.3. The highest BCUT2D eigenvalue weighted by molar-refractivity contribution is 6.39. The van der Waals surface area contributed by atoms with Crippen LogP contribution in [-0.4, -0.2) is 126 Å².